The van der Waals surface area contributed by atoms with Crippen LogP contribution in [0.15, 0.2) is 47.4 Å². The van der Waals surface area contributed by atoms with Crippen molar-refractivity contribution >= 4 is 21.6 Å². The fraction of sp³-hybridized carbons (Fsp3) is 0.381. The molecule has 1 heterocycles. The molecule has 2 aromatic rings. The Labute approximate surface area is 176 Å². The minimum absolute atomic E-state index is 0.160. The fourth-order valence-corrected chi connectivity index (χ4v) is 3.95. The first-order valence-corrected chi connectivity index (χ1v) is 11.4. The second kappa shape index (κ2) is 10.3. The van der Waals surface area contributed by atoms with E-state index in [9.17, 15) is 13.2 Å². The van der Waals surface area contributed by atoms with Gasteiger partial charge >= 0.3 is 0 Å². The Morgan fingerprint density at radius 2 is 1.80 bits per heavy atom. The number of carbonyl (C=O) groups is 1. The summed E-state index contributed by atoms with van der Waals surface area (Å²) in [5.41, 5.74) is 0.483. The van der Waals surface area contributed by atoms with Crippen molar-refractivity contribution in [1.82, 2.24) is 4.72 Å². The number of hydrogen-bond acceptors (Lipinski definition) is 6. The molecule has 9 heteroatoms. The molecule has 0 aliphatic carbocycles. The molecule has 2 aromatic carbocycles. The maximum absolute atomic E-state index is 12.3. The fourth-order valence-electron chi connectivity index (χ4n) is 2.87. The van der Waals surface area contributed by atoms with E-state index in [-0.39, 0.29) is 24.2 Å². The lowest BCUT2D eigenvalue weighted by Crippen LogP contribution is -2.25. The number of amides is 1. The SMILES string of the molecule is CCCCCCNS(=O)(=O)c1ccc(NC(=O)COc2ccc3c(c2)OCO3)cc1. The maximum Gasteiger partial charge on any atom is 0.262 e. The van der Waals surface area contributed by atoms with Crippen molar-refractivity contribution in [2.24, 2.45) is 0 Å². The van der Waals surface area contributed by atoms with Crippen molar-refractivity contribution in [3.63, 3.8) is 0 Å². The van der Waals surface area contributed by atoms with Gasteiger partial charge in [0, 0.05) is 18.3 Å². The van der Waals surface area contributed by atoms with Gasteiger partial charge in [-0.05, 0) is 42.8 Å². The Morgan fingerprint density at radius 1 is 1.03 bits per heavy atom. The first kappa shape index (κ1) is 21.9. The van der Waals surface area contributed by atoms with Crippen molar-refractivity contribution in [2.75, 3.05) is 25.3 Å². The number of ether oxygens (including phenoxy) is 3. The Balaban J connectivity index is 1.47. The smallest absolute Gasteiger partial charge is 0.262 e. The summed E-state index contributed by atoms with van der Waals surface area (Å²) in [7, 11) is -3.55. The number of benzene rings is 2. The van der Waals surface area contributed by atoms with E-state index < -0.39 is 10.0 Å². The molecule has 0 bridgehead atoms. The van der Waals surface area contributed by atoms with Gasteiger partial charge in [0.25, 0.3) is 5.91 Å². The molecule has 30 heavy (non-hydrogen) atoms. The number of hydrogen-bond donors (Lipinski definition) is 2. The van der Waals surface area contributed by atoms with Gasteiger partial charge in [0.2, 0.25) is 16.8 Å². The molecule has 162 valence electrons. The van der Waals surface area contributed by atoms with Gasteiger partial charge in [-0.25, -0.2) is 13.1 Å². The van der Waals surface area contributed by atoms with E-state index in [1.807, 2.05) is 0 Å². The summed E-state index contributed by atoms with van der Waals surface area (Å²) < 4.78 is 43.1. The standard InChI is InChI=1S/C21H26N2O6S/c1-2-3-4-5-12-22-30(25,26)18-9-6-16(7-10-18)23-21(24)14-27-17-8-11-19-20(13-17)29-15-28-19/h6-11,13,22H,2-5,12,14-15H2,1H3,(H,23,24). The summed E-state index contributed by atoms with van der Waals surface area (Å²) in [6.45, 7) is 2.49. The number of nitrogens with one attached hydrogen (secondary N) is 2. The largest absolute Gasteiger partial charge is 0.484 e. The maximum atomic E-state index is 12.3. The van der Waals surface area contributed by atoms with E-state index in [2.05, 4.69) is 17.0 Å². The van der Waals surface area contributed by atoms with E-state index in [1.54, 1.807) is 30.3 Å². The normalized spacial score (nSPS) is 12.6. The third-order valence-electron chi connectivity index (χ3n) is 4.48. The van der Waals surface area contributed by atoms with Gasteiger partial charge in [-0.3, -0.25) is 4.79 Å². The molecule has 0 aromatic heterocycles. The van der Waals surface area contributed by atoms with Crippen LogP contribution in [0.3, 0.4) is 0 Å². The molecule has 0 saturated carbocycles. The van der Waals surface area contributed by atoms with Crippen molar-refractivity contribution in [3.8, 4) is 17.2 Å². The van der Waals surface area contributed by atoms with Crippen LogP contribution in [-0.2, 0) is 14.8 Å². The summed E-state index contributed by atoms with van der Waals surface area (Å²) >= 11 is 0. The molecule has 8 nitrogen and oxygen atoms in total. The van der Waals surface area contributed by atoms with Crippen LogP contribution >= 0.6 is 0 Å². The van der Waals surface area contributed by atoms with Crippen LogP contribution in [0.25, 0.3) is 0 Å². The number of fused-ring (bicyclic) bond motifs is 1. The number of anilines is 1. The first-order valence-electron chi connectivity index (χ1n) is 9.90. The minimum atomic E-state index is -3.55. The molecule has 3 rings (SSSR count). The minimum Gasteiger partial charge on any atom is -0.484 e. The lowest BCUT2D eigenvalue weighted by atomic mass is 10.2. The second-order valence-corrected chi connectivity index (χ2v) is 8.60. The van der Waals surface area contributed by atoms with Gasteiger partial charge in [-0.1, -0.05) is 26.2 Å². The van der Waals surface area contributed by atoms with Gasteiger partial charge < -0.3 is 19.5 Å². The molecule has 0 unspecified atom stereocenters. The molecule has 0 fully saturated rings. The highest BCUT2D eigenvalue weighted by Crippen LogP contribution is 2.35. The molecule has 0 spiro atoms. The third-order valence-corrected chi connectivity index (χ3v) is 5.96. The lowest BCUT2D eigenvalue weighted by molar-refractivity contribution is -0.118. The predicted octanol–water partition coefficient (Wildman–Crippen LogP) is 3.29. The molecule has 0 saturated heterocycles. The first-order chi connectivity index (χ1) is 14.5. The van der Waals surface area contributed by atoms with Gasteiger partial charge in [0.15, 0.2) is 18.1 Å². The Hall–Kier alpha value is -2.78. The monoisotopic (exact) mass is 434 g/mol. The quantitative estimate of drug-likeness (QED) is 0.526. The molecule has 0 radical (unpaired) electrons. The van der Waals surface area contributed by atoms with E-state index in [0.29, 0.717) is 29.5 Å². The van der Waals surface area contributed by atoms with Crippen molar-refractivity contribution in [2.45, 2.75) is 37.5 Å². The van der Waals surface area contributed by atoms with Crippen molar-refractivity contribution in [3.05, 3.63) is 42.5 Å². The number of unbranched alkanes of at least 4 members (excludes halogenated alkanes) is 3. The molecular weight excluding hydrogens is 408 g/mol. The third kappa shape index (κ3) is 6.11. The summed E-state index contributed by atoms with van der Waals surface area (Å²) in [4.78, 5) is 12.3. The van der Waals surface area contributed by atoms with Crippen LogP contribution in [0.4, 0.5) is 5.69 Å². The van der Waals surface area contributed by atoms with Crippen LogP contribution in [0.5, 0.6) is 17.2 Å². The van der Waals surface area contributed by atoms with Gasteiger partial charge in [0.1, 0.15) is 5.75 Å². The molecule has 2 N–H and O–H groups in total. The van der Waals surface area contributed by atoms with Crippen LogP contribution in [-0.4, -0.2) is 34.3 Å². The zero-order valence-electron chi connectivity index (χ0n) is 16.8. The number of sulfonamides is 1. The van der Waals surface area contributed by atoms with Gasteiger partial charge in [-0.2, -0.15) is 0 Å². The summed E-state index contributed by atoms with van der Waals surface area (Å²) in [5.74, 6) is 1.33. The van der Waals surface area contributed by atoms with Gasteiger partial charge in [-0.15, -0.1) is 0 Å². The van der Waals surface area contributed by atoms with E-state index in [4.69, 9.17) is 14.2 Å². The zero-order valence-corrected chi connectivity index (χ0v) is 17.7. The average Bonchev–Trinajstić information content (AvgIpc) is 3.20. The van der Waals surface area contributed by atoms with Crippen LogP contribution in [0.2, 0.25) is 0 Å². The predicted molar refractivity (Wildman–Crippen MR) is 112 cm³/mol. The Morgan fingerprint density at radius 3 is 2.57 bits per heavy atom. The van der Waals surface area contributed by atoms with Crippen molar-refractivity contribution in [1.29, 1.82) is 0 Å². The average molecular weight is 435 g/mol. The number of rotatable bonds is 11. The molecule has 0 atom stereocenters. The van der Waals surface area contributed by atoms with Crippen LogP contribution < -0.4 is 24.2 Å². The Kier molecular flexibility index (Phi) is 7.53. The molecular formula is C21H26N2O6S. The van der Waals surface area contributed by atoms with Gasteiger partial charge in [0.05, 0.1) is 4.90 Å². The number of carbonyl (C=O) groups excluding carboxylic acids is 1. The molecule has 1 aliphatic rings. The highest BCUT2D eigenvalue weighted by Gasteiger charge is 2.15. The lowest BCUT2D eigenvalue weighted by Gasteiger charge is -2.10. The van der Waals surface area contributed by atoms with Crippen LogP contribution in [0, 0.1) is 0 Å². The molecule has 1 aliphatic heterocycles. The highest BCUT2D eigenvalue weighted by molar-refractivity contribution is 7.89. The zero-order chi connectivity index (χ0) is 21.4. The van der Waals surface area contributed by atoms with E-state index in [1.165, 1.54) is 12.1 Å². The summed E-state index contributed by atoms with van der Waals surface area (Å²) in [6, 6.07) is 11.1. The van der Waals surface area contributed by atoms with Crippen molar-refractivity contribution < 1.29 is 27.4 Å². The highest BCUT2D eigenvalue weighted by atomic mass is 32.2. The second-order valence-electron chi connectivity index (χ2n) is 6.83. The van der Waals surface area contributed by atoms with E-state index >= 15 is 0 Å². The van der Waals surface area contributed by atoms with Crippen LogP contribution in [0.1, 0.15) is 32.6 Å². The molecule has 1 amide bonds. The Bertz CT molecular complexity index is 960. The summed E-state index contributed by atoms with van der Waals surface area (Å²) in [5, 5.41) is 2.67. The van der Waals surface area contributed by atoms with E-state index in [0.717, 1.165) is 25.7 Å². The topological polar surface area (TPSA) is 103 Å². The summed E-state index contributed by atoms with van der Waals surface area (Å²) in [6.07, 6.45) is 4.00.